The van der Waals surface area contributed by atoms with Crippen molar-refractivity contribution < 1.29 is 0 Å². The number of aliphatic imine (C=N–C) groups is 1. The van der Waals surface area contributed by atoms with E-state index in [-0.39, 0.29) is 0 Å². The minimum atomic E-state index is 0.817. The summed E-state index contributed by atoms with van der Waals surface area (Å²) < 4.78 is 0. The average molecular weight is 297 g/mol. The Kier molecular flexibility index (Phi) is 4.79. The first kappa shape index (κ1) is 14.0. The van der Waals surface area contributed by atoms with Gasteiger partial charge in [-0.1, -0.05) is 42.5 Å². The van der Waals surface area contributed by atoms with E-state index in [4.69, 9.17) is 0 Å². The molecule has 2 aromatic rings. The topological polar surface area (TPSA) is 36.4 Å². The predicted molar refractivity (Wildman–Crippen MR) is 89.6 cm³/mol. The summed E-state index contributed by atoms with van der Waals surface area (Å²) in [5.74, 6) is 1.91. The van der Waals surface area contributed by atoms with E-state index in [1.54, 1.807) is 0 Å². The van der Waals surface area contributed by atoms with Crippen LogP contribution in [-0.2, 0) is 12.3 Å². The zero-order valence-corrected chi connectivity index (χ0v) is 12.7. The third-order valence-corrected chi connectivity index (χ3v) is 4.44. The molecule has 0 aliphatic carbocycles. The van der Waals surface area contributed by atoms with E-state index in [0.717, 1.165) is 31.3 Å². The fraction of sp³-hybridized carbons (Fsp3) is 0.235. The first-order chi connectivity index (χ1) is 10.4. The Morgan fingerprint density at radius 1 is 1.00 bits per heavy atom. The number of hydrogen-bond donors (Lipinski definition) is 2. The standard InChI is InChI=1S/C17H19N3S/c1-2-8-16(9-3-1)21-13-15-7-5-4-6-14(15)12-20-17-18-10-11-19-17/h1-9H,10-13H2,(H2,18,19,20). The van der Waals surface area contributed by atoms with E-state index in [0.29, 0.717) is 0 Å². The van der Waals surface area contributed by atoms with Crippen molar-refractivity contribution in [2.24, 2.45) is 4.99 Å². The van der Waals surface area contributed by atoms with Gasteiger partial charge in [-0.25, -0.2) is 0 Å². The van der Waals surface area contributed by atoms with E-state index < -0.39 is 0 Å². The fourth-order valence-corrected chi connectivity index (χ4v) is 3.20. The monoisotopic (exact) mass is 297 g/mol. The molecule has 1 heterocycles. The molecule has 108 valence electrons. The van der Waals surface area contributed by atoms with Crippen molar-refractivity contribution in [3.8, 4) is 0 Å². The highest BCUT2D eigenvalue weighted by molar-refractivity contribution is 7.98. The fourth-order valence-electron chi connectivity index (χ4n) is 2.24. The van der Waals surface area contributed by atoms with Crippen LogP contribution in [0.15, 0.2) is 64.5 Å². The van der Waals surface area contributed by atoms with Gasteiger partial charge in [-0.15, -0.1) is 11.8 Å². The minimum Gasteiger partial charge on any atom is -0.355 e. The Labute approximate surface area is 129 Å². The third-order valence-electron chi connectivity index (χ3n) is 3.38. The van der Waals surface area contributed by atoms with Gasteiger partial charge in [0.1, 0.15) is 0 Å². The van der Waals surface area contributed by atoms with Gasteiger partial charge in [0.15, 0.2) is 5.96 Å². The highest BCUT2D eigenvalue weighted by Crippen LogP contribution is 2.24. The van der Waals surface area contributed by atoms with E-state index in [9.17, 15) is 0 Å². The minimum absolute atomic E-state index is 0.817. The normalized spacial score (nSPS) is 13.6. The summed E-state index contributed by atoms with van der Waals surface area (Å²) in [6.45, 7) is 2.62. The van der Waals surface area contributed by atoms with Crippen LogP contribution in [0.25, 0.3) is 0 Å². The van der Waals surface area contributed by atoms with Gasteiger partial charge in [-0.2, -0.15) is 0 Å². The molecule has 1 aliphatic rings. The van der Waals surface area contributed by atoms with Crippen molar-refractivity contribution in [1.82, 2.24) is 10.6 Å². The van der Waals surface area contributed by atoms with Crippen LogP contribution in [0.4, 0.5) is 0 Å². The summed E-state index contributed by atoms with van der Waals surface area (Å²) in [5, 5.41) is 6.60. The van der Waals surface area contributed by atoms with E-state index >= 15 is 0 Å². The first-order valence-corrected chi connectivity index (χ1v) is 8.17. The van der Waals surface area contributed by atoms with E-state index in [1.807, 2.05) is 11.8 Å². The largest absolute Gasteiger partial charge is 0.355 e. The Morgan fingerprint density at radius 2 is 1.76 bits per heavy atom. The molecular formula is C17H19N3S. The number of nitrogens with one attached hydrogen (secondary N) is 2. The SMILES string of the molecule is c1ccc(SCc2ccccc2CNC2=NCCN2)cc1. The molecule has 4 heteroatoms. The van der Waals surface area contributed by atoms with Crippen LogP contribution in [0.3, 0.4) is 0 Å². The quantitative estimate of drug-likeness (QED) is 0.833. The molecule has 0 radical (unpaired) electrons. The Bertz CT molecular complexity index is 610. The molecule has 0 saturated heterocycles. The summed E-state index contributed by atoms with van der Waals surface area (Å²) in [4.78, 5) is 5.67. The highest BCUT2D eigenvalue weighted by Gasteiger charge is 2.06. The lowest BCUT2D eigenvalue weighted by atomic mass is 10.1. The van der Waals surface area contributed by atoms with Gasteiger partial charge in [-0.3, -0.25) is 4.99 Å². The summed E-state index contributed by atoms with van der Waals surface area (Å²) in [6.07, 6.45) is 0. The summed E-state index contributed by atoms with van der Waals surface area (Å²) in [7, 11) is 0. The first-order valence-electron chi connectivity index (χ1n) is 7.18. The van der Waals surface area contributed by atoms with Crippen molar-refractivity contribution in [2.45, 2.75) is 17.2 Å². The molecule has 0 fully saturated rings. The molecule has 0 atom stereocenters. The second kappa shape index (κ2) is 7.18. The average Bonchev–Trinajstić information content (AvgIpc) is 3.06. The third kappa shape index (κ3) is 4.02. The molecule has 3 nitrogen and oxygen atoms in total. The molecule has 0 saturated carbocycles. The van der Waals surface area contributed by atoms with Gasteiger partial charge < -0.3 is 10.6 Å². The van der Waals surface area contributed by atoms with Crippen LogP contribution < -0.4 is 10.6 Å². The number of rotatable bonds is 5. The van der Waals surface area contributed by atoms with Gasteiger partial charge in [-0.05, 0) is 23.3 Å². The number of nitrogens with zero attached hydrogens (tertiary/aromatic N) is 1. The highest BCUT2D eigenvalue weighted by atomic mass is 32.2. The zero-order valence-electron chi connectivity index (χ0n) is 11.9. The van der Waals surface area contributed by atoms with Gasteiger partial charge >= 0.3 is 0 Å². The lowest BCUT2D eigenvalue weighted by Gasteiger charge is -2.11. The van der Waals surface area contributed by atoms with E-state index in [2.05, 4.69) is 70.2 Å². The van der Waals surface area contributed by atoms with Crippen molar-refractivity contribution in [2.75, 3.05) is 13.1 Å². The molecule has 0 aromatic heterocycles. The smallest absolute Gasteiger partial charge is 0.191 e. The molecule has 2 aromatic carbocycles. The van der Waals surface area contributed by atoms with Crippen molar-refractivity contribution in [1.29, 1.82) is 0 Å². The van der Waals surface area contributed by atoms with E-state index in [1.165, 1.54) is 16.0 Å². The molecule has 1 aliphatic heterocycles. The predicted octanol–water partition coefficient (Wildman–Crippen LogP) is 3.03. The molecule has 0 bridgehead atoms. The van der Waals surface area contributed by atoms with Crippen molar-refractivity contribution >= 4 is 17.7 Å². The maximum atomic E-state index is 4.36. The van der Waals surface area contributed by atoms with Gasteiger partial charge in [0.05, 0.1) is 6.54 Å². The second-order valence-corrected chi connectivity index (χ2v) is 5.93. The van der Waals surface area contributed by atoms with Gasteiger partial charge in [0, 0.05) is 23.7 Å². The van der Waals surface area contributed by atoms with Crippen LogP contribution in [0.5, 0.6) is 0 Å². The number of thioether (sulfide) groups is 1. The zero-order chi connectivity index (χ0) is 14.3. The Balaban J connectivity index is 1.62. The molecule has 21 heavy (non-hydrogen) atoms. The summed E-state index contributed by atoms with van der Waals surface area (Å²) in [5.41, 5.74) is 2.70. The van der Waals surface area contributed by atoms with Gasteiger partial charge in [0.25, 0.3) is 0 Å². The van der Waals surface area contributed by atoms with Crippen LogP contribution >= 0.6 is 11.8 Å². The van der Waals surface area contributed by atoms with Crippen LogP contribution in [0.1, 0.15) is 11.1 Å². The van der Waals surface area contributed by atoms with Crippen LogP contribution in [-0.4, -0.2) is 19.0 Å². The molecular weight excluding hydrogens is 278 g/mol. The molecule has 3 rings (SSSR count). The number of benzene rings is 2. The summed E-state index contributed by atoms with van der Waals surface area (Å²) in [6, 6.07) is 19.1. The summed E-state index contributed by atoms with van der Waals surface area (Å²) >= 11 is 1.87. The van der Waals surface area contributed by atoms with Crippen LogP contribution in [0, 0.1) is 0 Å². The van der Waals surface area contributed by atoms with Crippen molar-refractivity contribution in [3.05, 3.63) is 65.7 Å². The molecule has 0 amide bonds. The maximum Gasteiger partial charge on any atom is 0.191 e. The van der Waals surface area contributed by atoms with Crippen LogP contribution in [0.2, 0.25) is 0 Å². The molecule has 2 N–H and O–H groups in total. The molecule has 0 spiro atoms. The molecule has 0 unspecified atom stereocenters. The Morgan fingerprint density at radius 3 is 2.52 bits per heavy atom. The maximum absolute atomic E-state index is 4.36. The van der Waals surface area contributed by atoms with Crippen molar-refractivity contribution in [3.63, 3.8) is 0 Å². The Hall–Kier alpha value is -1.94. The second-order valence-electron chi connectivity index (χ2n) is 4.88. The lowest BCUT2D eigenvalue weighted by molar-refractivity contribution is 0.860. The number of hydrogen-bond acceptors (Lipinski definition) is 4. The number of guanidine groups is 1. The lowest BCUT2D eigenvalue weighted by Crippen LogP contribution is -2.33. The van der Waals surface area contributed by atoms with Gasteiger partial charge in [0.2, 0.25) is 0 Å².